The number of hydrogen-bond acceptors (Lipinski definition) is 2. The van der Waals surface area contributed by atoms with Gasteiger partial charge in [-0.05, 0) is 12.8 Å². The Balaban J connectivity index is 2.21. The molecule has 0 radical (unpaired) electrons. The van der Waals surface area contributed by atoms with Crippen LogP contribution in [0.1, 0.15) is 12.8 Å². The molecular formula is C8H13IN2O2. The van der Waals surface area contributed by atoms with E-state index in [1.165, 1.54) is 4.90 Å². The summed E-state index contributed by atoms with van der Waals surface area (Å²) in [4.78, 5) is 23.8. The molecule has 1 fully saturated rings. The molecule has 0 unspecified atom stereocenters. The molecule has 1 N–H and O–H groups in total. The van der Waals surface area contributed by atoms with Crippen molar-refractivity contribution in [3.8, 4) is 0 Å². The number of likely N-dealkylation sites (N-methyl/N-ethyl adjacent to an activating group) is 1. The van der Waals surface area contributed by atoms with Gasteiger partial charge in [-0.25, -0.2) is 0 Å². The van der Waals surface area contributed by atoms with Gasteiger partial charge in [-0.2, -0.15) is 0 Å². The highest BCUT2D eigenvalue weighted by atomic mass is 127. The minimum Gasteiger partial charge on any atom is -0.352 e. The van der Waals surface area contributed by atoms with Crippen LogP contribution in [0, 0.1) is 0 Å². The molecule has 0 heterocycles. The summed E-state index contributed by atoms with van der Waals surface area (Å²) in [7, 11) is 1.65. The van der Waals surface area contributed by atoms with Gasteiger partial charge in [-0.1, -0.05) is 22.6 Å². The van der Waals surface area contributed by atoms with E-state index in [-0.39, 0.29) is 18.4 Å². The summed E-state index contributed by atoms with van der Waals surface area (Å²) in [6, 6.07) is 0.371. The summed E-state index contributed by atoms with van der Waals surface area (Å²) in [5.74, 6) is -0.0604. The second-order valence-electron chi connectivity index (χ2n) is 3.23. The van der Waals surface area contributed by atoms with Gasteiger partial charge in [0.15, 0.2) is 0 Å². The Hall–Kier alpha value is -0.330. The molecule has 0 aromatic heterocycles. The number of rotatable bonds is 4. The fourth-order valence-electron chi connectivity index (χ4n) is 0.907. The number of carbonyl (C=O) groups is 2. The van der Waals surface area contributed by atoms with E-state index >= 15 is 0 Å². The van der Waals surface area contributed by atoms with Gasteiger partial charge < -0.3 is 10.2 Å². The molecule has 2 amide bonds. The van der Waals surface area contributed by atoms with E-state index in [1.54, 1.807) is 7.05 Å². The number of hydrogen-bond donors (Lipinski definition) is 1. The lowest BCUT2D eigenvalue weighted by molar-refractivity contribution is -0.132. The average Bonchev–Trinajstić information content (AvgIpc) is 2.86. The first kappa shape index (κ1) is 10.7. The van der Waals surface area contributed by atoms with Crippen LogP contribution in [0.2, 0.25) is 0 Å². The highest BCUT2D eigenvalue weighted by Crippen LogP contribution is 2.18. The van der Waals surface area contributed by atoms with Crippen LogP contribution in [0.15, 0.2) is 0 Å². The van der Waals surface area contributed by atoms with Crippen molar-refractivity contribution in [2.45, 2.75) is 18.9 Å². The van der Waals surface area contributed by atoms with Crippen molar-refractivity contribution in [3.63, 3.8) is 0 Å². The molecule has 0 aromatic rings. The Bertz CT molecular complexity index is 216. The first-order valence-corrected chi connectivity index (χ1v) is 5.75. The van der Waals surface area contributed by atoms with Crippen LogP contribution in [0.4, 0.5) is 0 Å². The van der Waals surface area contributed by atoms with Gasteiger partial charge in [0.1, 0.15) is 0 Å². The minimum atomic E-state index is -0.0526. The van der Waals surface area contributed by atoms with Crippen LogP contribution in [0.25, 0.3) is 0 Å². The molecule has 0 bridgehead atoms. The van der Waals surface area contributed by atoms with Gasteiger partial charge >= 0.3 is 0 Å². The molecule has 4 nitrogen and oxygen atoms in total. The maximum Gasteiger partial charge on any atom is 0.239 e. The van der Waals surface area contributed by atoms with Crippen LogP contribution in [0.3, 0.4) is 0 Å². The monoisotopic (exact) mass is 296 g/mol. The Morgan fingerprint density at radius 1 is 1.54 bits per heavy atom. The zero-order valence-electron chi connectivity index (χ0n) is 7.55. The number of amides is 2. The van der Waals surface area contributed by atoms with Crippen molar-refractivity contribution in [3.05, 3.63) is 0 Å². The first-order chi connectivity index (χ1) is 6.13. The van der Waals surface area contributed by atoms with Crippen molar-refractivity contribution in [1.82, 2.24) is 10.2 Å². The third-order valence-electron chi connectivity index (χ3n) is 1.86. The highest BCUT2D eigenvalue weighted by Gasteiger charge is 2.23. The number of nitrogens with one attached hydrogen (secondary N) is 1. The van der Waals surface area contributed by atoms with E-state index in [0.29, 0.717) is 10.5 Å². The quantitative estimate of drug-likeness (QED) is 0.593. The third kappa shape index (κ3) is 3.93. The average molecular weight is 296 g/mol. The van der Waals surface area contributed by atoms with Crippen LogP contribution < -0.4 is 5.32 Å². The van der Waals surface area contributed by atoms with Gasteiger partial charge in [-0.3, -0.25) is 9.59 Å². The van der Waals surface area contributed by atoms with Crippen molar-refractivity contribution >= 4 is 34.4 Å². The van der Waals surface area contributed by atoms with Crippen LogP contribution >= 0.6 is 22.6 Å². The maximum atomic E-state index is 11.2. The molecule has 0 spiro atoms. The van der Waals surface area contributed by atoms with Crippen molar-refractivity contribution in [1.29, 1.82) is 0 Å². The lowest BCUT2D eigenvalue weighted by Crippen LogP contribution is -2.39. The van der Waals surface area contributed by atoms with Gasteiger partial charge in [-0.15, -0.1) is 0 Å². The number of halogens is 1. The topological polar surface area (TPSA) is 49.4 Å². The fraction of sp³-hybridized carbons (Fsp3) is 0.750. The van der Waals surface area contributed by atoms with E-state index < -0.39 is 0 Å². The van der Waals surface area contributed by atoms with Gasteiger partial charge in [0.25, 0.3) is 0 Å². The Morgan fingerprint density at radius 3 is 2.62 bits per heavy atom. The summed E-state index contributed by atoms with van der Waals surface area (Å²) in [5, 5.41) is 2.83. The molecule has 0 aliphatic heterocycles. The molecule has 1 saturated carbocycles. The van der Waals surface area contributed by atoms with Crippen LogP contribution in [0.5, 0.6) is 0 Å². The molecule has 74 valence electrons. The summed E-state index contributed by atoms with van der Waals surface area (Å²) in [6.45, 7) is 0.179. The van der Waals surface area contributed by atoms with E-state index in [9.17, 15) is 9.59 Å². The maximum absolute atomic E-state index is 11.2. The Kier molecular flexibility index (Phi) is 3.95. The second kappa shape index (κ2) is 4.78. The zero-order chi connectivity index (χ0) is 9.84. The van der Waals surface area contributed by atoms with Crippen molar-refractivity contribution in [2.75, 3.05) is 18.0 Å². The Morgan fingerprint density at radius 2 is 2.15 bits per heavy atom. The van der Waals surface area contributed by atoms with E-state index in [0.717, 1.165) is 12.8 Å². The molecule has 1 aliphatic carbocycles. The van der Waals surface area contributed by atoms with Gasteiger partial charge in [0.05, 0.1) is 11.0 Å². The van der Waals surface area contributed by atoms with E-state index in [2.05, 4.69) is 5.32 Å². The standard InChI is InChI=1S/C8H13IN2O2/c1-11(8(13)4-9)5-7(12)10-6-2-3-6/h6H,2-5H2,1H3,(H,10,12). The van der Waals surface area contributed by atoms with Crippen molar-refractivity contribution in [2.24, 2.45) is 0 Å². The smallest absolute Gasteiger partial charge is 0.239 e. The third-order valence-corrected chi connectivity index (χ3v) is 2.52. The summed E-state index contributed by atoms with van der Waals surface area (Å²) in [5.41, 5.74) is 0. The summed E-state index contributed by atoms with van der Waals surface area (Å²) in [6.07, 6.45) is 2.16. The minimum absolute atomic E-state index is 0.00783. The fourth-order valence-corrected chi connectivity index (χ4v) is 1.49. The second-order valence-corrected chi connectivity index (χ2v) is 3.99. The van der Waals surface area contributed by atoms with Gasteiger partial charge in [0, 0.05) is 13.1 Å². The largest absolute Gasteiger partial charge is 0.352 e. The number of carbonyl (C=O) groups excluding carboxylic acids is 2. The SMILES string of the molecule is CN(CC(=O)NC1CC1)C(=O)CI. The van der Waals surface area contributed by atoms with Crippen LogP contribution in [-0.4, -0.2) is 40.8 Å². The molecule has 0 atom stereocenters. The number of nitrogens with zero attached hydrogens (tertiary/aromatic N) is 1. The molecular weight excluding hydrogens is 283 g/mol. The highest BCUT2D eigenvalue weighted by molar-refractivity contribution is 14.1. The Labute approximate surface area is 91.2 Å². The molecule has 13 heavy (non-hydrogen) atoms. The molecule has 0 aromatic carbocycles. The molecule has 5 heteroatoms. The van der Waals surface area contributed by atoms with Crippen molar-refractivity contribution < 1.29 is 9.59 Å². The normalized spacial score (nSPS) is 15.2. The first-order valence-electron chi connectivity index (χ1n) is 4.22. The predicted octanol–water partition coefficient (Wildman–Crippen LogP) is 0.158. The zero-order valence-corrected chi connectivity index (χ0v) is 9.70. The predicted molar refractivity (Wildman–Crippen MR) is 57.7 cm³/mol. The summed E-state index contributed by atoms with van der Waals surface area (Å²) < 4.78 is 0.422. The molecule has 0 saturated heterocycles. The van der Waals surface area contributed by atoms with Crippen LogP contribution in [-0.2, 0) is 9.59 Å². The lowest BCUT2D eigenvalue weighted by Gasteiger charge is -2.14. The van der Waals surface area contributed by atoms with Gasteiger partial charge in [0.2, 0.25) is 11.8 Å². The molecule has 1 rings (SSSR count). The number of alkyl halides is 1. The summed E-state index contributed by atoms with van der Waals surface area (Å²) >= 11 is 1.99. The lowest BCUT2D eigenvalue weighted by atomic mass is 10.5. The van der Waals surface area contributed by atoms with E-state index in [4.69, 9.17) is 0 Å². The van der Waals surface area contributed by atoms with E-state index in [1.807, 2.05) is 22.6 Å². The molecule has 1 aliphatic rings.